The molecule has 6 heteroatoms. The molecule has 0 saturated heterocycles. The Kier molecular flexibility index (Phi) is 5.87. The van der Waals surface area contributed by atoms with Crippen molar-refractivity contribution in [2.24, 2.45) is 5.73 Å². The third-order valence-electron chi connectivity index (χ3n) is 3.52. The topological polar surface area (TPSA) is 63.4 Å². The highest BCUT2D eigenvalue weighted by atomic mass is 32.2. The lowest BCUT2D eigenvalue weighted by atomic mass is 10.2. The summed E-state index contributed by atoms with van der Waals surface area (Å²) in [6.07, 6.45) is 0.513. The molecule has 0 heterocycles. The van der Waals surface area contributed by atoms with E-state index < -0.39 is 15.8 Å². The van der Waals surface area contributed by atoms with Crippen molar-refractivity contribution in [3.05, 3.63) is 65.5 Å². The van der Waals surface area contributed by atoms with E-state index in [-0.39, 0.29) is 18.0 Å². The van der Waals surface area contributed by atoms with Gasteiger partial charge in [-0.1, -0.05) is 36.4 Å². The monoisotopic (exact) mass is 336 g/mol. The van der Waals surface area contributed by atoms with Gasteiger partial charge in [-0.15, -0.1) is 0 Å². The van der Waals surface area contributed by atoms with Crippen molar-refractivity contribution in [1.29, 1.82) is 0 Å². The van der Waals surface area contributed by atoms with Crippen molar-refractivity contribution in [3.8, 4) is 0 Å². The van der Waals surface area contributed by atoms with Crippen LogP contribution in [0.15, 0.2) is 53.4 Å². The van der Waals surface area contributed by atoms with Gasteiger partial charge in [-0.05, 0) is 43.1 Å². The summed E-state index contributed by atoms with van der Waals surface area (Å²) in [5, 5.41) is 0. The highest BCUT2D eigenvalue weighted by Crippen LogP contribution is 2.22. The first-order chi connectivity index (χ1) is 10.9. The number of nitrogens with two attached hydrogens (primary N) is 1. The van der Waals surface area contributed by atoms with Gasteiger partial charge in [-0.2, -0.15) is 4.31 Å². The van der Waals surface area contributed by atoms with E-state index in [0.29, 0.717) is 18.5 Å². The normalized spacial score (nSPS) is 11.8. The molecule has 0 aliphatic heterocycles. The van der Waals surface area contributed by atoms with Gasteiger partial charge in [0, 0.05) is 13.1 Å². The maximum Gasteiger partial charge on any atom is 0.246 e. The molecule has 0 bridgehead atoms. The minimum atomic E-state index is -3.92. The quantitative estimate of drug-likeness (QED) is 0.845. The van der Waals surface area contributed by atoms with E-state index in [1.165, 1.54) is 16.4 Å². The summed E-state index contributed by atoms with van der Waals surface area (Å²) in [4.78, 5) is -0.287. The molecule has 0 radical (unpaired) electrons. The van der Waals surface area contributed by atoms with Crippen molar-refractivity contribution in [2.75, 3.05) is 13.1 Å². The zero-order valence-corrected chi connectivity index (χ0v) is 13.9. The minimum absolute atomic E-state index is 0.191. The lowest BCUT2D eigenvalue weighted by molar-refractivity contribution is 0.398. The predicted molar refractivity (Wildman–Crippen MR) is 88.8 cm³/mol. The average molecular weight is 336 g/mol. The molecule has 4 nitrogen and oxygen atoms in total. The molecule has 0 fully saturated rings. The number of halogens is 1. The molecule has 0 atom stereocenters. The van der Waals surface area contributed by atoms with Crippen LogP contribution in [0.5, 0.6) is 0 Å². The van der Waals surface area contributed by atoms with Gasteiger partial charge >= 0.3 is 0 Å². The van der Waals surface area contributed by atoms with Gasteiger partial charge in [0.05, 0.1) is 0 Å². The zero-order chi connectivity index (χ0) is 16.9. The second-order valence-electron chi connectivity index (χ2n) is 5.40. The fourth-order valence-corrected chi connectivity index (χ4v) is 3.90. The Morgan fingerprint density at radius 2 is 1.83 bits per heavy atom. The maximum atomic E-state index is 14.1. The van der Waals surface area contributed by atoms with E-state index in [0.717, 1.165) is 5.56 Å². The maximum absolute atomic E-state index is 14.1. The van der Waals surface area contributed by atoms with Crippen LogP contribution in [0.25, 0.3) is 0 Å². The molecule has 2 rings (SSSR count). The van der Waals surface area contributed by atoms with Gasteiger partial charge in [0.15, 0.2) is 0 Å². The SMILES string of the molecule is Cc1ccc(F)c(S(=O)(=O)N(CCCN)Cc2ccccc2)c1. The van der Waals surface area contributed by atoms with Crippen LogP contribution in [-0.4, -0.2) is 25.8 Å². The lowest BCUT2D eigenvalue weighted by Gasteiger charge is -2.22. The third kappa shape index (κ3) is 4.37. The first-order valence-electron chi connectivity index (χ1n) is 7.45. The summed E-state index contributed by atoms with van der Waals surface area (Å²) in [7, 11) is -3.92. The number of hydrogen-bond donors (Lipinski definition) is 1. The van der Waals surface area contributed by atoms with Gasteiger partial charge in [0.2, 0.25) is 10.0 Å². The van der Waals surface area contributed by atoms with Crippen molar-refractivity contribution in [2.45, 2.75) is 24.8 Å². The molecule has 124 valence electrons. The molecular weight excluding hydrogens is 315 g/mol. The second kappa shape index (κ2) is 7.68. The standard InChI is InChI=1S/C17H21FN2O2S/c1-14-8-9-16(18)17(12-14)23(21,22)20(11-5-10-19)13-15-6-3-2-4-7-15/h2-4,6-9,12H,5,10-11,13,19H2,1H3. The summed E-state index contributed by atoms with van der Waals surface area (Å²) in [6.45, 7) is 2.55. The molecule has 2 aromatic rings. The second-order valence-corrected chi connectivity index (χ2v) is 7.31. The molecule has 0 spiro atoms. The summed E-state index contributed by atoms with van der Waals surface area (Å²) >= 11 is 0. The number of aryl methyl sites for hydroxylation is 1. The fourth-order valence-electron chi connectivity index (χ4n) is 2.29. The van der Waals surface area contributed by atoms with Crippen LogP contribution in [0, 0.1) is 12.7 Å². The largest absolute Gasteiger partial charge is 0.330 e. The van der Waals surface area contributed by atoms with Crippen molar-refractivity contribution in [1.82, 2.24) is 4.31 Å². The molecule has 0 unspecified atom stereocenters. The first-order valence-corrected chi connectivity index (χ1v) is 8.89. The van der Waals surface area contributed by atoms with E-state index in [9.17, 15) is 12.8 Å². The zero-order valence-electron chi connectivity index (χ0n) is 13.1. The van der Waals surface area contributed by atoms with Crippen LogP contribution in [-0.2, 0) is 16.6 Å². The number of nitrogens with zero attached hydrogens (tertiary/aromatic N) is 1. The summed E-state index contributed by atoms with van der Waals surface area (Å²) in [5.41, 5.74) is 7.06. The van der Waals surface area contributed by atoms with Crippen LogP contribution in [0.1, 0.15) is 17.5 Å². The highest BCUT2D eigenvalue weighted by Gasteiger charge is 2.27. The summed E-state index contributed by atoms with van der Waals surface area (Å²) in [5.74, 6) is -0.735. The van der Waals surface area contributed by atoms with Crippen LogP contribution in [0.3, 0.4) is 0 Å². The summed E-state index contributed by atoms with van der Waals surface area (Å²) < 4.78 is 41.1. The molecule has 2 N–H and O–H groups in total. The van der Waals surface area contributed by atoms with Gasteiger partial charge in [-0.3, -0.25) is 0 Å². The Morgan fingerprint density at radius 1 is 1.13 bits per heavy atom. The van der Waals surface area contributed by atoms with E-state index in [1.807, 2.05) is 30.3 Å². The minimum Gasteiger partial charge on any atom is -0.330 e. The molecular formula is C17H21FN2O2S. The van der Waals surface area contributed by atoms with Crippen LogP contribution >= 0.6 is 0 Å². The highest BCUT2D eigenvalue weighted by molar-refractivity contribution is 7.89. The van der Waals surface area contributed by atoms with E-state index in [1.54, 1.807) is 13.0 Å². The van der Waals surface area contributed by atoms with E-state index in [4.69, 9.17) is 5.73 Å². The Morgan fingerprint density at radius 3 is 2.48 bits per heavy atom. The van der Waals surface area contributed by atoms with Gasteiger partial charge in [-0.25, -0.2) is 12.8 Å². The first kappa shape index (κ1) is 17.6. The smallest absolute Gasteiger partial charge is 0.246 e. The molecule has 0 aromatic heterocycles. The van der Waals surface area contributed by atoms with Gasteiger partial charge in [0.25, 0.3) is 0 Å². The van der Waals surface area contributed by atoms with Crippen LogP contribution < -0.4 is 5.73 Å². The predicted octanol–water partition coefficient (Wildman–Crippen LogP) is 2.67. The number of hydrogen-bond acceptors (Lipinski definition) is 3. The number of rotatable bonds is 7. The van der Waals surface area contributed by atoms with Gasteiger partial charge < -0.3 is 5.73 Å². The van der Waals surface area contributed by atoms with Crippen LogP contribution in [0.4, 0.5) is 4.39 Å². The molecule has 0 amide bonds. The average Bonchev–Trinajstić information content (AvgIpc) is 2.54. The van der Waals surface area contributed by atoms with E-state index in [2.05, 4.69) is 0 Å². The Hall–Kier alpha value is -1.76. The molecule has 0 aliphatic rings. The Labute approximate surface area is 136 Å². The van der Waals surface area contributed by atoms with E-state index >= 15 is 0 Å². The molecule has 0 saturated carbocycles. The lowest BCUT2D eigenvalue weighted by Crippen LogP contribution is -2.33. The van der Waals surface area contributed by atoms with Crippen LogP contribution in [0.2, 0.25) is 0 Å². The molecule has 23 heavy (non-hydrogen) atoms. The number of sulfonamides is 1. The Balaban J connectivity index is 2.38. The van der Waals surface area contributed by atoms with Crippen molar-refractivity contribution in [3.63, 3.8) is 0 Å². The molecule has 2 aromatic carbocycles. The van der Waals surface area contributed by atoms with Gasteiger partial charge in [0.1, 0.15) is 10.7 Å². The fraction of sp³-hybridized carbons (Fsp3) is 0.294. The number of benzene rings is 2. The Bertz CT molecular complexity index is 748. The van der Waals surface area contributed by atoms with Crippen molar-refractivity contribution < 1.29 is 12.8 Å². The molecule has 0 aliphatic carbocycles. The summed E-state index contributed by atoms with van der Waals surface area (Å²) in [6, 6.07) is 13.3. The van der Waals surface area contributed by atoms with Crippen molar-refractivity contribution >= 4 is 10.0 Å². The third-order valence-corrected chi connectivity index (χ3v) is 5.38.